The fraction of sp³-hybridized carbons (Fsp3) is 0.500. The summed E-state index contributed by atoms with van der Waals surface area (Å²) in [7, 11) is -2.25. The minimum atomic E-state index is -3.77. The number of aliphatic hydroxyl groups excluding tert-OH is 1. The van der Waals surface area contributed by atoms with Gasteiger partial charge in [-0.05, 0) is 57.0 Å². The molecular formula is C28H37N3O6S. The molecule has 9 nitrogen and oxygen atoms in total. The van der Waals surface area contributed by atoms with Gasteiger partial charge in [-0.25, -0.2) is 8.42 Å². The van der Waals surface area contributed by atoms with Crippen molar-refractivity contribution in [3.63, 3.8) is 0 Å². The summed E-state index contributed by atoms with van der Waals surface area (Å²) in [4.78, 5) is 27.5. The third-order valence-electron chi connectivity index (χ3n) is 7.30. The lowest BCUT2D eigenvalue weighted by Crippen LogP contribution is -2.48. The van der Waals surface area contributed by atoms with Crippen molar-refractivity contribution in [1.29, 1.82) is 0 Å². The van der Waals surface area contributed by atoms with Crippen LogP contribution >= 0.6 is 0 Å². The van der Waals surface area contributed by atoms with E-state index in [1.807, 2.05) is 13.8 Å². The number of nitrogens with zero attached hydrogens (tertiary/aromatic N) is 2. The number of rotatable bonds is 8. The van der Waals surface area contributed by atoms with E-state index in [4.69, 9.17) is 4.74 Å². The van der Waals surface area contributed by atoms with Crippen LogP contribution in [0.15, 0.2) is 47.4 Å². The number of hydrogen-bond acceptors (Lipinski definition) is 6. The van der Waals surface area contributed by atoms with Gasteiger partial charge in [0.25, 0.3) is 0 Å². The van der Waals surface area contributed by atoms with Gasteiger partial charge in [0.1, 0.15) is 11.9 Å². The van der Waals surface area contributed by atoms with Crippen LogP contribution in [-0.2, 0) is 26.0 Å². The number of fused-ring (bicyclic) bond motifs is 1. The molecule has 38 heavy (non-hydrogen) atoms. The first-order valence-electron chi connectivity index (χ1n) is 13.0. The standard InChI is InChI=1S/C28H37N3O6S/c1-18-5-10-24(11-6-18)38(35,36)30(4)16-26-19(2)15-31(20(3)17-32)27(33)14-22-13-23(9-12-25(22)37-26)29-28(34)21-7-8-21/h5-6,9-13,19-21,26,32H,7-8,14-17H2,1-4H3,(H,29,34)/t19-,20-,26+/m0/s1. The van der Waals surface area contributed by atoms with Crippen LogP contribution in [0.25, 0.3) is 0 Å². The summed E-state index contributed by atoms with van der Waals surface area (Å²) < 4.78 is 34.3. The van der Waals surface area contributed by atoms with Gasteiger partial charge in [-0.3, -0.25) is 9.59 Å². The summed E-state index contributed by atoms with van der Waals surface area (Å²) in [5.41, 5.74) is 2.15. The van der Waals surface area contributed by atoms with E-state index < -0.39 is 22.2 Å². The Morgan fingerprint density at radius 3 is 2.53 bits per heavy atom. The summed E-state index contributed by atoms with van der Waals surface area (Å²) in [5, 5.41) is 12.7. The quantitative estimate of drug-likeness (QED) is 0.529. The lowest BCUT2D eigenvalue weighted by molar-refractivity contribution is -0.134. The largest absolute Gasteiger partial charge is 0.488 e. The zero-order valence-corrected chi connectivity index (χ0v) is 23.2. The van der Waals surface area contributed by atoms with Crippen LogP contribution in [-0.4, -0.2) is 73.4 Å². The second-order valence-electron chi connectivity index (χ2n) is 10.6. The molecule has 1 fully saturated rings. The molecule has 0 aromatic heterocycles. The maximum absolute atomic E-state index is 13.3. The van der Waals surface area contributed by atoms with Gasteiger partial charge in [0.2, 0.25) is 21.8 Å². The van der Waals surface area contributed by atoms with Crippen LogP contribution in [0, 0.1) is 18.8 Å². The number of anilines is 1. The van der Waals surface area contributed by atoms with Crippen LogP contribution in [0.1, 0.15) is 37.8 Å². The Labute approximate surface area is 224 Å². The van der Waals surface area contributed by atoms with E-state index in [1.54, 1.807) is 54.3 Å². The first kappa shape index (κ1) is 28.1. The van der Waals surface area contributed by atoms with Gasteiger partial charge in [0.15, 0.2) is 0 Å². The smallest absolute Gasteiger partial charge is 0.242 e. The highest BCUT2D eigenvalue weighted by atomic mass is 32.2. The average Bonchev–Trinajstić information content (AvgIpc) is 3.72. The molecule has 0 radical (unpaired) electrons. The molecule has 1 aliphatic heterocycles. The van der Waals surface area contributed by atoms with Gasteiger partial charge >= 0.3 is 0 Å². The molecule has 2 amide bonds. The molecule has 0 bridgehead atoms. The van der Waals surface area contributed by atoms with Crippen LogP contribution in [0.3, 0.4) is 0 Å². The van der Waals surface area contributed by atoms with E-state index in [9.17, 15) is 23.1 Å². The molecule has 0 spiro atoms. The molecule has 3 atom stereocenters. The van der Waals surface area contributed by atoms with Crippen molar-refractivity contribution in [3.05, 3.63) is 53.6 Å². The molecule has 1 aliphatic carbocycles. The predicted molar refractivity (Wildman–Crippen MR) is 144 cm³/mol. The number of carbonyl (C=O) groups is 2. The van der Waals surface area contributed by atoms with Crippen molar-refractivity contribution in [2.75, 3.05) is 32.1 Å². The summed E-state index contributed by atoms with van der Waals surface area (Å²) in [6, 6.07) is 11.5. The SMILES string of the molecule is Cc1ccc(S(=O)(=O)N(C)C[C@H]2Oc3ccc(NC(=O)C4CC4)cc3CC(=O)N([C@@H](C)CO)C[C@@H]2C)cc1. The maximum atomic E-state index is 13.3. The summed E-state index contributed by atoms with van der Waals surface area (Å²) in [5.74, 6) is 0.0544. The molecule has 2 aliphatic rings. The Hall–Kier alpha value is -2.95. The van der Waals surface area contributed by atoms with E-state index in [-0.39, 0.29) is 48.1 Å². The molecule has 0 unspecified atom stereocenters. The molecule has 2 aromatic carbocycles. The Kier molecular flexibility index (Phi) is 8.44. The molecule has 2 N–H and O–H groups in total. The van der Waals surface area contributed by atoms with Gasteiger partial charge in [0.05, 0.1) is 30.5 Å². The van der Waals surface area contributed by atoms with Crippen molar-refractivity contribution in [3.8, 4) is 5.75 Å². The number of benzene rings is 2. The molecule has 0 saturated heterocycles. The molecule has 206 valence electrons. The van der Waals surface area contributed by atoms with Crippen LogP contribution in [0.5, 0.6) is 5.75 Å². The molecule has 1 saturated carbocycles. The zero-order chi connectivity index (χ0) is 27.6. The van der Waals surface area contributed by atoms with Gasteiger partial charge in [-0.1, -0.05) is 24.6 Å². The summed E-state index contributed by atoms with van der Waals surface area (Å²) in [6.07, 6.45) is 1.21. The topological polar surface area (TPSA) is 116 Å². The number of likely N-dealkylation sites (N-methyl/N-ethyl adjacent to an activating group) is 1. The third-order valence-corrected chi connectivity index (χ3v) is 9.14. The Morgan fingerprint density at radius 1 is 1.21 bits per heavy atom. The number of hydrogen-bond donors (Lipinski definition) is 2. The summed E-state index contributed by atoms with van der Waals surface area (Å²) >= 11 is 0. The molecular weight excluding hydrogens is 506 g/mol. The molecule has 10 heteroatoms. The first-order valence-corrected chi connectivity index (χ1v) is 14.5. The lowest BCUT2D eigenvalue weighted by Gasteiger charge is -2.33. The number of sulfonamides is 1. The van der Waals surface area contributed by atoms with E-state index in [2.05, 4.69) is 5.32 Å². The number of aryl methyl sites for hydroxylation is 1. The maximum Gasteiger partial charge on any atom is 0.242 e. The minimum absolute atomic E-state index is 0.0315. The van der Waals surface area contributed by atoms with E-state index >= 15 is 0 Å². The fourth-order valence-electron chi connectivity index (χ4n) is 4.56. The van der Waals surface area contributed by atoms with Crippen molar-refractivity contribution >= 4 is 27.5 Å². The van der Waals surface area contributed by atoms with Crippen molar-refractivity contribution in [2.24, 2.45) is 11.8 Å². The third kappa shape index (κ3) is 6.36. The highest BCUT2D eigenvalue weighted by molar-refractivity contribution is 7.89. The van der Waals surface area contributed by atoms with Crippen LogP contribution < -0.4 is 10.1 Å². The van der Waals surface area contributed by atoms with Gasteiger partial charge in [-0.15, -0.1) is 0 Å². The summed E-state index contributed by atoms with van der Waals surface area (Å²) in [6.45, 7) is 5.75. The number of amides is 2. The average molecular weight is 544 g/mol. The molecule has 4 rings (SSSR count). The first-order chi connectivity index (χ1) is 18.0. The lowest BCUT2D eigenvalue weighted by atomic mass is 10.0. The van der Waals surface area contributed by atoms with Gasteiger partial charge in [-0.2, -0.15) is 4.31 Å². The second-order valence-corrected chi connectivity index (χ2v) is 12.6. The monoisotopic (exact) mass is 543 g/mol. The van der Waals surface area contributed by atoms with Gasteiger partial charge < -0.3 is 20.1 Å². The van der Waals surface area contributed by atoms with Crippen LogP contribution in [0.2, 0.25) is 0 Å². The second kappa shape index (κ2) is 11.4. The Balaban J connectivity index is 1.64. The molecule has 2 aromatic rings. The fourth-order valence-corrected chi connectivity index (χ4v) is 5.74. The van der Waals surface area contributed by atoms with Crippen molar-refractivity contribution < 1.29 is 27.9 Å². The van der Waals surface area contributed by atoms with E-state index in [0.717, 1.165) is 18.4 Å². The minimum Gasteiger partial charge on any atom is -0.488 e. The van der Waals surface area contributed by atoms with Gasteiger partial charge in [0, 0.05) is 36.7 Å². The number of aliphatic hydroxyl groups is 1. The van der Waals surface area contributed by atoms with Crippen molar-refractivity contribution in [1.82, 2.24) is 9.21 Å². The van der Waals surface area contributed by atoms with E-state index in [0.29, 0.717) is 23.5 Å². The van der Waals surface area contributed by atoms with E-state index in [1.165, 1.54) is 11.4 Å². The normalized spacial score (nSPS) is 21.1. The number of ether oxygens (including phenoxy) is 1. The Morgan fingerprint density at radius 2 is 1.89 bits per heavy atom. The molecule has 1 heterocycles. The number of carbonyl (C=O) groups excluding carboxylic acids is 2. The van der Waals surface area contributed by atoms with Crippen molar-refractivity contribution in [2.45, 2.75) is 57.1 Å². The zero-order valence-electron chi connectivity index (χ0n) is 22.4. The highest BCUT2D eigenvalue weighted by Crippen LogP contribution is 2.33. The predicted octanol–water partition coefficient (Wildman–Crippen LogP) is 2.81. The Bertz CT molecular complexity index is 1280. The number of nitrogens with one attached hydrogen (secondary N) is 1. The highest BCUT2D eigenvalue weighted by Gasteiger charge is 2.34. The van der Waals surface area contributed by atoms with Crippen LogP contribution in [0.4, 0.5) is 5.69 Å².